The van der Waals surface area contributed by atoms with Crippen LogP contribution in [0, 0.1) is 0 Å². The molecule has 0 radical (unpaired) electrons. The second kappa shape index (κ2) is 5.50. The number of nitrogens with zero attached hydrogens (tertiary/aromatic N) is 2. The van der Waals surface area contributed by atoms with Gasteiger partial charge < -0.3 is 15.0 Å². The minimum Gasteiger partial charge on any atom is -0.478 e. The summed E-state index contributed by atoms with van der Waals surface area (Å²) in [5.74, 6) is -1.04. The average molecular weight is 277 g/mol. The van der Waals surface area contributed by atoms with E-state index in [1.807, 2.05) is 7.05 Å². The highest BCUT2D eigenvalue weighted by Crippen LogP contribution is 2.15. The van der Waals surface area contributed by atoms with Crippen LogP contribution in [-0.4, -0.2) is 45.2 Å². The van der Waals surface area contributed by atoms with Gasteiger partial charge in [-0.25, -0.2) is 9.59 Å². The third-order valence-corrected chi connectivity index (χ3v) is 3.60. The van der Waals surface area contributed by atoms with Crippen LogP contribution in [0.3, 0.4) is 0 Å². The molecular weight excluding hydrogens is 258 g/mol. The molecule has 2 aromatic rings. The van der Waals surface area contributed by atoms with Crippen molar-refractivity contribution in [2.45, 2.75) is 26.4 Å². The molecule has 0 aliphatic carbocycles. The molecule has 1 heterocycles. The van der Waals surface area contributed by atoms with Gasteiger partial charge in [0.1, 0.15) is 0 Å². The maximum Gasteiger partial charge on any atom is 0.337 e. The van der Waals surface area contributed by atoms with Gasteiger partial charge in [0.2, 0.25) is 0 Å². The third-order valence-electron chi connectivity index (χ3n) is 3.60. The Balaban J connectivity index is 2.40. The fraction of sp³-hybridized carbons (Fsp3) is 0.429. The maximum absolute atomic E-state index is 12.0. The first-order valence-electron chi connectivity index (χ1n) is 6.57. The number of rotatable bonds is 5. The molecule has 0 unspecified atom stereocenters. The molecule has 2 N–H and O–H groups in total. The summed E-state index contributed by atoms with van der Waals surface area (Å²) in [7, 11) is 1.99. The number of imidazole rings is 1. The van der Waals surface area contributed by atoms with Crippen molar-refractivity contribution >= 4 is 17.0 Å². The Morgan fingerprint density at radius 2 is 2.15 bits per heavy atom. The van der Waals surface area contributed by atoms with Crippen molar-refractivity contribution in [3.05, 3.63) is 34.2 Å². The average Bonchev–Trinajstić information content (AvgIpc) is 2.70. The monoisotopic (exact) mass is 277 g/mol. The lowest BCUT2D eigenvalue weighted by Gasteiger charge is -2.20. The number of hydrogen-bond donors (Lipinski definition) is 2. The number of fused-ring (bicyclic) bond motifs is 1. The topological polar surface area (TPSA) is 78.3 Å². The van der Waals surface area contributed by atoms with Crippen molar-refractivity contribution < 1.29 is 9.90 Å². The van der Waals surface area contributed by atoms with Gasteiger partial charge in [-0.1, -0.05) is 6.07 Å². The summed E-state index contributed by atoms with van der Waals surface area (Å²) >= 11 is 0. The minimum atomic E-state index is -1.04. The van der Waals surface area contributed by atoms with Crippen LogP contribution in [0.5, 0.6) is 0 Å². The quantitative estimate of drug-likeness (QED) is 0.865. The molecule has 1 aromatic carbocycles. The molecule has 0 atom stereocenters. The van der Waals surface area contributed by atoms with Gasteiger partial charge in [-0.2, -0.15) is 0 Å². The van der Waals surface area contributed by atoms with Gasteiger partial charge in [-0.15, -0.1) is 0 Å². The molecule has 1 aromatic heterocycles. The molecule has 0 aliphatic heterocycles. The number of aromatic carboxylic acids is 1. The molecular formula is C14H19N3O3. The normalized spacial score (nSPS) is 11.7. The lowest BCUT2D eigenvalue weighted by Crippen LogP contribution is -2.31. The van der Waals surface area contributed by atoms with Crippen LogP contribution in [0.15, 0.2) is 23.0 Å². The van der Waals surface area contributed by atoms with E-state index in [9.17, 15) is 9.59 Å². The van der Waals surface area contributed by atoms with Gasteiger partial charge >= 0.3 is 11.7 Å². The molecule has 20 heavy (non-hydrogen) atoms. The number of likely N-dealkylation sites (N-methyl/N-ethyl adjacent to an activating group) is 1. The van der Waals surface area contributed by atoms with E-state index < -0.39 is 5.97 Å². The number of benzene rings is 1. The number of carboxylic acids is 1. The summed E-state index contributed by atoms with van der Waals surface area (Å²) < 4.78 is 1.58. The van der Waals surface area contributed by atoms with Gasteiger partial charge in [0, 0.05) is 19.1 Å². The van der Waals surface area contributed by atoms with E-state index in [2.05, 4.69) is 23.7 Å². The van der Waals surface area contributed by atoms with Gasteiger partial charge in [0.05, 0.1) is 16.6 Å². The van der Waals surface area contributed by atoms with Crippen molar-refractivity contribution in [3.8, 4) is 0 Å². The first kappa shape index (κ1) is 14.3. The van der Waals surface area contributed by atoms with E-state index in [1.165, 1.54) is 6.07 Å². The van der Waals surface area contributed by atoms with E-state index in [0.29, 0.717) is 23.6 Å². The van der Waals surface area contributed by atoms with Crippen LogP contribution < -0.4 is 5.69 Å². The van der Waals surface area contributed by atoms with Crippen LogP contribution in [0.1, 0.15) is 24.2 Å². The van der Waals surface area contributed by atoms with E-state index in [-0.39, 0.29) is 11.3 Å². The number of aromatic amines is 1. The summed E-state index contributed by atoms with van der Waals surface area (Å²) in [5, 5.41) is 9.13. The van der Waals surface area contributed by atoms with Gasteiger partial charge in [-0.05, 0) is 33.0 Å². The number of nitrogens with one attached hydrogen (secondary N) is 1. The first-order valence-corrected chi connectivity index (χ1v) is 6.57. The first-order chi connectivity index (χ1) is 9.41. The Morgan fingerprint density at radius 3 is 2.75 bits per heavy atom. The van der Waals surface area contributed by atoms with Crippen LogP contribution in [0.4, 0.5) is 0 Å². The van der Waals surface area contributed by atoms with Crippen LogP contribution in [-0.2, 0) is 6.54 Å². The molecule has 0 spiro atoms. The molecule has 0 amide bonds. The highest BCUT2D eigenvalue weighted by Gasteiger charge is 2.14. The summed E-state index contributed by atoms with van der Waals surface area (Å²) in [5.41, 5.74) is 0.866. The van der Waals surface area contributed by atoms with E-state index in [1.54, 1.807) is 16.7 Å². The molecule has 6 nitrogen and oxygen atoms in total. The molecule has 0 bridgehead atoms. The summed E-state index contributed by atoms with van der Waals surface area (Å²) in [4.78, 5) is 27.9. The van der Waals surface area contributed by atoms with Crippen LogP contribution in [0.2, 0.25) is 0 Å². The summed E-state index contributed by atoms with van der Waals surface area (Å²) in [6, 6.07) is 5.30. The van der Waals surface area contributed by atoms with Crippen molar-refractivity contribution in [1.29, 1.82) is 0 Å². The fourth-order valence-corrected chi connectivity index (χ4v) is 2.10. The second-order valence-electron chi connectivity index (χ2n) is 5.16. The minimum absolute atomic E-state index is 0.121. The standard InChI is InChI=1S/C14H19N3O3/c1-9(2)16(3)7-8-17-11-6-4-5-10(13(18)19)12(11)15-14(17)20/h4-6,9H,7-8H2,1-3H3,(H,15,20)(H,18,19). The number of carbonyl (C=O) groups is 1. The van der Waals surface area contributed by atoms with Crippen molar-refractivity contribution in [2.24, 2.45) is 0 Å². The highest BCUT2D eigenvalue weighted by atomic mass is 16.4. The summed E-state index contributed by atoms with van der Waals surface area (Å²) in [6.07, 6.45) is 0. The third kappa shape index (κ3) is 2.60. The van der Waals surface area contributed by atoms with Crippen molar-refractivity contribution in [1.82, 2.24) is 14.5 Å². The number of aromatic nitrogens is 2. The van der Waals surface area contributed by atoms with Gasteiger partial charge in [-0.3, -0.25) is 4.57 Å². The predicted molar refractivity (Wildman–Crippen MR) is 77.3 cm³/mol. The Morgan fingerprint density at radius 1 is 1.45 bits per heavy atom. The Hall–Kier alpha value is -2.08. The van der Waals surface area contributed by atoms with Gasteiger partial charge in [0.25, 0.3) is 0 Å². The zero-order valence-corrected chi connectivity index (χ0v) is 11.9. The number of H-pyrrole nitrogens is 1. The zero-order valence-electron chi connectivity index (χ0n) is 11.9. The van der Waals surface area contributed by atoms with Gasteiger partial charge in [0.15, 0.2) is 0 Å². The lowest BCUT2D eigenvalue weighted by atomic mass is 10.2. The molecule has 6 heteroatoms. The van der Waals surface area contributed by atoms with Crippen molar-refractivity contribution in [2.75, 3.05) is 13.6 Å². The van der Waals surface area contributed by atoms with E-state index in [4.69, 9.17) is 5.11 Å². The Labute approximate surface area is 116 Å². The SMILES string of the molecule is CC(C)N(C)CCn1c(=O)[nH]c2c(C(=O)O)cccc21. The summed E-state index contributed by atoms with van der Waals surface area (Å²) in [6.45, 7) is 5.42. The Bertz CT molecular complexity index is 685. The molecule has 0 saturated carbocycles. The van der Waals surface area contributed by atoms with Crippen LogP contribution in [0.25, 0.3) is 11.0 Å². The smallest absolute Gasteiger partial charge is 0.337 e. The second-order valence-corrected chi connectivity index (χ2v) is 5.16. The number of para-hydroxylation sites is 1. The van der Waals surface area contributed by atoms with Crippen LogP contribution >= 0.6 is 0 Å². The predicted octanol–water partition coefficient (Wildman–Crippen LogP) is 1.37. The Kier molecular flexibility index (Phi) is 3.94. The molecule has 108 valence electrons. The molecule has 0 aliphatic rings. The van der Waals surface area contributed by atoms with E-state index >= 15 is 0 Å². The molecule has 0 saturated heterocycles. The fourth-order valence-electron chi connectivity index (χ4n) is 2.10. The number of carboxylic acid groups (broad SMARTS) is 1. The maximum atomic E-state index is 12.0. The lowest BCUT2D eigenvalue weighted by molar-refractivity contribution is 0.0699. The number of hydrogen-bond acceptors (Lipinski definition) is 3. The van der Waals surface area contributed by atoms with Crippen molar-refractivity contribution in [3.63, 3.8) is 0 Å². The highest BCUT2D eigenvalue weighted by molar-refractivity contribution is 6.00. The largest absolute Gasteiger partial charge is 0.478 e. The molecule has 2 rings (SSSR count). The molecule has 0 fully saturated rings. The zero-order chi connectivity index (χ0) is 14.9. The van der Waals surface area contributed by atoms with E-state index in [0.717, 1.165) is 6.54 Å².